The lowest BCUT2D eigenvalue weighted by Gasteiger charge is -2.23. The van der Waals surface area contributed by atoms with Gasteiger partial charge in [-0.1, -0.05) is 42.0 Å². The van der Waals surface area contributed by atoms with E-state index in [1.165, 1.54) is 10.6 Å². The molecule has 0 spiro atoms. The Morgan fingerprint density at radius 1 is 0.879 bits per heavy atom. The van der Waals surface area contributed by atoms with Crippen LogP contribution in [0.15, 0.2) is 60.7 Å². The fraction of sp³-hybridized carbons (Fsp3) is 0.296. The molecule has 0 aliphatic rings. The molecule has 0 saturated heterocycles. The number of aryl methyl sites for hydroxylation is 4. The minimum Gasteiger partial charge on any atom is -0.346 e. The topological polar surface area (TPSA) is 66.5 Å². The molecule has 33 heavy (non-hydrogen) atoms. The molecular formula is C27H32N2O3S. The zero-order valence-corrected chi connectivity index (χ0v) is 21.0. The molecule has 174 valence electrons. The monoisotopic (exact) mass is 464 g/mol. The molecule has 3 aromatic carbocycles. The largest absolute Gasteiger partial charge is 0.346 e. The van der Waals surface area contributed by atoms with Gasteiger partial charge in [-0.2, -0.15) is 0 Å². The van der Waals surface area contributed by atoms with Gasteiger partial charge in [0.25, 0.3) is 5.91 Å². The highest BCUT2D eigenvalue weighted by Crippen LogP contribution is 2.24. The number of amides is 1. The normalized spacial score (nSPS) is 12.3. The third-order valence-electron chi connectivity index (χ3n) is 5.97. The van der Waals surface area contributed by atoms with Gasteiger partial charge in [0.15, 0.2) is 0 Å². The van der Waals surface area contributed by atoms with E-state index >= 15 is 0 Å². The zero-order chi connectivity index (χ0) is 24.3. The van der Waals surface area contributed by atoms with Crippen molar-refractivity contribution in [1.29, 1.82) is 0 Å². The van der Waals surface area contributed by atoms with Crippen LogP contribution in [0.5, 0.6) is 0 Å². The average Bonchev–Trinajstić information content (AvgIpc) is 2.75. The summed E-state index contributed by atoms with van der Waals surface area (Å²) >= 11 is 0. The summed E-state index contributed by atoms with van der Waals surface area (Å²) in [4.78, 5) is 12.8. The molecule has 1 unspecified atom stereocenters. The van der Waals surface area contributed by atoms with Crippen molar-refractivity contribution in [3.05, 3.63) is 99.6 Å². The highest BCUT2D eigenvalue weighted by atomic mass is 32.2. The van der Waals surface area contributed by atoms with E-state index in [2.05, 4.69) is 23.5 Å². The molecule has 0 fully saturated rings. The number of carbonyl (C=O) groups excluding carboxylic acids is 1. The van der Waals surface area contributed by atoms with Crippen molar-refractivity contribution in [1.82, 2.24) is 5.32 Å². The molecule has 3 rings (SSSR count). The van der Waals surface area contributed by atoms with Crippen LogP contribution in [0.4, 0.5) is 5.69 Å². The van der Waals surface area contributed by atoms with Crippen LogP contribution in [0, 0.1) is 27.7 Å². The lowest BCUT2D eigenvalue weighted by molar-refractivity contribution is 0.0939. The summed E-state index contributed by atoms with van der Waals surface area (Å²) in [6.07, 6.45) is 1.21. The Bertz CT molecular complexity index is 1270. The van der Waals surface area contributed by atoms with Crippen molar-refractivity contribution in [3.63, 3.8) is 0 Å². The molecule has 0 aliphatic heterocycles. The highest BCUT2D eigenvalue weighted by Gasteiger charge is 2.19. The predicted molar refractivity (Wildman–Crippen MR) is 135 cm³/mol. The number of anilines is 1. The van der Waals surface area contributed by atoms with Crippen LogP contribution in [-0.4, -0.2) is 20.6 Å². The van der Waals surface area contributed by atoms with E-state index in [1.807, 2.05) is 52.8 Å². The van der Waals surface area contributed by atoms with Crippen LogP contribution in [0.25, 0.3) is 0 Å². The first kappa shape index (κ1) is 24.5. The van der Waals surface area contributed by atoms with Crippen LogP contribution in [0.3, 0.4) is 0 Å². The minimum atomic E-state index is -3.47. The van der Waals surface area contributed by atoms with Gasteiger partial charge in [-0.05, 0) is 86.7 Å². The fourth-order valence-corrected chi connectivity index (χ4v) is 4.67. The molecule has 1 amide bonds. The van der Waals surface area contributed by atoms with Crippen molar-refractivity contribution < 1.29 is 13.2 Å². The number of nitrogens with zero attached hydrogens (tertiary/aromatic N) is 1. The van der Waals surface area contributed by atoms with Gasteiger partial charge >= 0.3 is 0 Å². The first-order valence-corrected chi connectivity index (χ1v) is 12.8. The smallest absolute Gasteiger partial charge is 0.251 e. The van der Waals surface area contributed by atoms with Crippen molar-refractivity contribution >= 4 is 21.6 Å². The molecule has 0 aliphatic carbocycles. The Hall–Kier alpha value is -3.12. The molecule has 0 radical (unpaired) electrons. The SMILES string of the molecule is Cc1ccc(C)c(C(C)NC(=O)c2ccc(CN(c3ccc(C)c(C)c3)S(C)(=O)=O)cc2)c1. The maximum absolute atomic E-state index is 12.8. The first-order chi connectivity index (χ1) is 15.5. The van der Waals surface area contributed by atoms with Gasteiger partial charge in [-0.15, -0.1) is 0 Å². The van der Waals surface area contributed by atoms with Gasteiger partial charge in [0.05, 0.1) is 24.5 Å². The maximum Gasteiger partial charge on any atom is 0.251 e. The Morgan fingerprint density at radius 2 is 1.52 bits per heavy atom. The van der Waals surface area contributed by atoms with Crippen molar-refractivity contribution in [2.45, 2.75) is 47.2 Å². The third kappa shape index (κ3) is 6.02. The number of carbonyl (C=O) groups is 1. The van der Waals surface area contributed by atoms with Crippen LogP contribution in [0.1, 0.15) is 56.7 Å². The number of nitrogens with one attached hydrogen (secondary N) is 1. The molecule has 0 heterocycles. The summed E-state index contributed by atoms with van der Waals surface area (Å²) in [6, 6.07) is 18.8. The van der Waals surface area contributed by atoms with Crippen LogP contribution in [0.2, 0.25) is 0 Å². The van der Waals surface area contributed by atoms with Gasteiger partial charge in [0.2, 0.25) is 10.0 Å². The van der Waals surface area contributed by atoms with E-state index in [-0.39, 0.29) is 18.5 Å². The van der Waals surface area contributed by atoms with E-state index in [9.17, 15) is 13.2 Å². The van der Waals surface area contributed by atoms with Crippen molar-refractivity contribution in [2.24, 2.45) is 0 Å². The van der Waals surface area contributed by atoms with Gasteiger partial charge in [0, 0.05) is 5.56 Å². The lowest BCUT2D eigenvalue weighted by atomic mass is 9.99. The third-order valence-corrected chi connectivity index (χ3v) is 7.11. The second kappa shape index (κ2) is 9.79. The molecule has 1 N–H and O–H groups in total. The zero-order valence-electron chi connectivity index (χ0n) is 20.1. The van der Waals surface area contributed by atoms with Crippen LogP contribution in [-0.2, 0) is 16.6 Å². The van der Waals surface area contributed by atoms with Crippen LogP contribution >= 0.6 is 0 Å². The van der Waals surface area contributed by atoms with Crippen LogP contribution < -0.4 is 9.62 Å². The summed E-state index contributed by atoms with van der Waals surface area (Å²) in [7, 11) is -3.47. The number of hydrogen-bond donors (Lipinski definition) is 1. The van der Waals surface area contributed by atoms with Gasteiger partial charge in [0.1, 0.15) is 0 Å². The van der Waals surface area contributed by atoms with E-state index in [1.54, 1.807) is 24.3 Å². The summed E-state index contributed by atoms with van der Waals surface area (Å²) in [5.41, 5.74) is 7.49. The second-order valence-corrected chi connectivity index (χ2v) is 10.7. The quantitative estimate of drug-likeness (QED) is 0.511. The molecule has 0 aromatic heterocycles. The number of hydrogen-bond acceptors (Lipinski definition) is 3. The Balaban J connectivity index is 1.76. The Kier molecular flexibility index (Phi) is 7.28. The van der Waals surface area contributed by atoms with E-state index in [0.29, 0.717) is 11.3 Å². The van der Waals surface area contributed by atoms with Crippen molar-refractivity contribution in [3.8, 4) is 0 Å². The highest BCUT2D eigenvalue weighted by molar-refractivity contribution is 7.92. The fourth-order valence-electron chi connectivity index (χ4n) is 3.79. The van der Waals surface area contributed by atoms with Gasteiger partial charge in [-0.25, -0.2) is 8.42 Å². The molecule has 5 nitrogen and oxygen atoms in total. The summed E-state index contributed by atoms with van der Waals surface area (Å²) in [6.45, 7) is 10.2. The minimum absolute atomic E-state index is 0.123. The first-order valence-electron chi connectivity index (χ1n) is 11.0. The van der Waals surface area contributed by atoms with Crippen molar-refractivity contribution in [2.75, 3.05) is 10.6 Å². The summed E-state index contributed by atoms with van der Waals surface area (Å²) in [5.74, 6) is -0.163. The van der Waals surface area contributed by atoms with Gasteiger partial charge in [-0.3, -0.25) is 9.10 Å². The standard InChI is InChI=1S/C27H32N2O3S/c1-18-7-8-20(3)26(15-18)22(5)28-27(30)24-12-10-23(11-13-24)17-29(33(6,31)32)25-14-9-19(2)21(4)16-25/h7-16,22H,17H2,1-6H3,(H,28,30). The Labute approximate surface area is 197 Å². The predicted octanol–water partition coefficient (Wildman–Crippen LogP) is 5.38. The maximum atomic E-state index is 12.8. The Morgan fingerprint density at radius 3 is 2.12 bits per heavy atom. The molecule has 0 bridgehead atoms. The van der Waals surface area contributed by atoms with Gasteiger partial charge < -0.3 is 5.32 Å². The second-order valence-electron chi connectivity index (χ2n) is 8.79. The molecule has 1 atom stereocenters. The van der Waals surface area contributed by atoms with E-state index in [4.69, 9.17) is 0 Å². The van der Waals surface area contributed by atoms with E-state index in [0.717, 1.165) is 33.4 Å². The number of benzene rings is 3. The van der Waals surface area contributed by atoms with E-state index < -0.39 is 10.0 Å². The summed E-state index contributed by atoms with van der Waals surface area (Å²) < 4.78 is 26.3. The lowest BCUT2D eigenvalue weighted by Crippen LogP contribution is -2.29. The molecule has 3 aromatic rings. The molecule has 6 heteroatoms. The average molecular weight is 465 g/mol. The number of rotatable bonds is 7. The summed E-state index contributed by atoms with van der Waals surface area (Å²) in [5, 5.41) is 3.06. The molecule has 0 saturated carbocycles. The molecular weight excluding hydrogens is 432 g/mol. The number of sulfonamides is 1.